The van der Waals surface area contributed by atoms with Gasteiger partial charge in [0.05, 0.1) is 6.61 Å². The molecule has 2 aromatic carbocycles. The van der Waals surface area contributed by atoms with E-state index in [4.69, 9.17) is 9.47 Å². The number of hydrogen-bond donors (Lipinski definition) is 0. The zero-order valence-corrected chi connectivity index (χ0v) is 16.5. The summed E-state index contributed by atoms with van der Waals surface area (Å²) in [5.41, 5.74) is 1.09. The van der Waals surface area contributed by atoms with Gasteiger partial charge < -0.3 is 9.47 Å². The standard InChI is InChI=1S/C23H28O4/c1-17(14-23(2,3)4)15-26-21(24)11-12-22(25)27-16-18-9-10-19-7-5-6-8-20(19)13-18/h5-13,17H,14-16H2,1-4H3/b12-11+. The topological polar surface area (TPSA) is 52.6 Å². The Morgan fingerprint density at radius 3 is 2.26 bits per heavy atom. The summed E-state index contributed by atoms with van der Waals surface area (Å²) >= 11 is 0. The summed E-state index contributed by atoms with van der Waals surface area (Å²) in [6, 6.07) is 13.9. The molecule has 0 spiro atoms. The molecule has 27 heavy (non-hydrogen) atoms. The van der Waals surface area contributed by atoms with Crippen LogP contribution in [-0.2, 0) is 25.7 Å². The Labute approximate surface area is 161 Å². The summed E-state index contributed by atoms with van der Waals surface area (Å²) in [6.07, 6.45) is 3.18. The van der Waals surface area contributed by atoms with Crippen molar-refractivity contribution in [1.82, 2.24) is 0 Å². The van der Waals surface area contributed by atoms with E-state index in [-0.39, 0.29) is 17.9 Å². The normalized spacial score (nSPS) is 12.9. The molecule has 1 atom stereocenters. The number of esters is 2. The van der Waals surface area contributed by atoms with Crippen LogP contribution in [0.2, 0.25) is 0 Å². The first kappa shape index (κ1) is 20.7. The molecule has 2 rings (SSSR count). The first-order valence-electron chi connectivity index (χ1n) is 9.22. The molecule has 0 fully saturated rings. The fraction of sp³-hybridized carbons (Fsp3) is 0.391. The molecule has 4 nitrogen and oxygen atoms in total. The second kappa shape index (κ2) is 9.36. The van der Waals surface area contributed by atoms with E-state index in [2.05, 4.69) is 20.8 Å². The van der Waals surface area contributed by atoms with Crippen molar-refractivity contribution in [2.24, 2.45) is 11.3 Å². The molecule has 1 unspecified atom stereocenters. The third kappa shape index (κ3) is 7.65. The molecule has 0 N–H and O–H groups in total. The SMILES string of the molecule is CC(COC(=O)/C=C/C(=O)OCc1ccc2ccccc2c1)CC(C)(C)C. The molecule has 2 aromatic rings. The Balaban J connectivity index is 1.76. The van der Waals surface area contributed by atoms with Gasteiger partial charge in [-0.05, 0) is 40.2 Å². The maximum absolute atomic E-state index is 11.8. The van der Waals surface area contributed by atoms with Crippen molar-refractivity contribution in [3.05, 3.63) is 60.2 Å². The van der Waals surface area contributed by atoms with Gasteiger partial charge in [0.25, 0.3) is 0 Å². The number of carbonyl (C=O) groups is 2. The van der Waals surface area contributed by atoms with Gasteiger partial charge in [-0.25, -0.2) is 9.59 Å². The lowest BCUT2D eigenvalue weighted by Gasteiger charge is -2.22. The summed E-state index contributed by atoms with van der Waals surface area (Å²) < 4.78 is 10.4. The van der Waals surface area contributed by atoms with Crippen LogP contribution in [-0.4, -0.2) is 18.5 Å². The van der Waals surface area contributed by atoms with Crippen molar-refractivity contribution < 1.29 is 19.1 Å². The minimum absolute atomic E-state index is 0.158. The summed E-state index contributed by atoms with van der Waals surface area (Å²) in [5.74, 6) is -0.830. The fourth-order valence-corrected chi connectivity index (χ4v) is 3.04. The van der Waals surface area contributed by atoms with Crippen LogP contribution >= 0.6 is 0 Å². The van der Waals surface area contributed by atoms with E-state index >= 15 is 0 Å². The molecule has 0 aliphatic carbocycles. The van der Waals surface area contributed by atoms with Crippen LogP contribution in [0.1, 0.15) is 39.7 Å². The molecule has 0 saturated carbocycles. The van der Waals surface area contributed by atoms with Gasteiger partial charge >= 0.3 is 11.9 Å². The van der Waals surface area contributed by atoms with Gasteiger partial charge in [0.2, 0.25) is 0 Å². The van der Waals surface area contributed by atoms with Crippen molar-refractivity contribution in [3.63, 3.8) is 0 Å². The molecular formula is C23H28O4. The molecule has 4 heteroatoms. The summed E-state index contributed by atoms with van der Waals surface area (Å²) in [5, 5.41) is 2.23. The summed E-state index contributed by atoms with van der Waals surface area (Å²) in [7, 11) is 0. The zero-order valence-electron chi connectivity index (χ0n) is 16.5. The highest BCUT2D eigenvalue weighted by Gasteiger charge is 2.16. The molecule has 0 aliphatic heterocycles. The highest BCUT2D eigenvalue weighted by Crippen LogP contribution is 2.24. The van der Waals surface area contributed by atoms with E-state index in [1.165, 1.54) is 0 Å². The number of hydrogen-bond acceptors (Lipinski definition) is 4. The number of carbonyl (C=O) groups excluding carboxylic acids is 2. The third-order valence-corrected chi connectivity index (χ3v) is 4.02. The molecule has 0 amide bonds. The molecule has 0 saturated heterocycles. The Hall–Kier alpha value is -2.62. The van der Waals surface area contributed by atoms with E-state index in [0.29, 0.717) is 6.61 Å². The maximum Gasteiger partial charge on any atom is 0.331 e. The number of benzene rings is 2. The molecule has 0 radical (unpaired) electrons. The molecular weight excluding hydrogens is 340 g/mol. The van der Waals surface area contributed by atoms with Crippen LogP contribution in [0.3, 0.4) is 0 Å². The Kier molecular flexibility index (Phi) is 7.17. The second-order valence-corrected chi connectivity index (χ2v) is 8.12. The predicted molar refractivity (Wildman–Crippen MR) is 107 cm³/mol. The van der Waals surface area contributed by atoms with Gasteiger partial charge in [-0.3, -0.25) is 0 Å². The van der Waals surface area contributed by atoms with Gasteiger partial charge in [0.15, 0.2) is 0 Å². The van der Waals surface area contributed by atoms with Gasteiger partial charge in [0.1, 0.15) is 6.61 Å². The number of ether oxygens (including phenoxy) is 2. The average molecular weight is 368 g/mol. The molecule has 144 valence electrons. The van der Waals surface area contributed by atoms with Gasteiger partial charge in [-0.15, -0.1) is 0 Å². The quantitative estimate of drug-likeness (QED) is 0.507. The molecule has 0 bridgehead atoms. The van der Waals surface area contributed by atoms with E-state index in [0.717, 1.165) is 34.9 Å². The van der Waals surface area contributed by atoms with Gasteiger partial charge in [0, 0.05) is 12.2 Å². The largest absolute Gasteiger partial charge is 0.462 e. The first-order valence-corrected chi connectivity index (χ1v) is 9.22. The lowest BCUT2D eigenvalue weighted by atomic mass is 9.86. The minimum Gasteiger partial charge on any atom is -0.462 e. The third-order valence-electron chi connectivity index (χ3n) is 4.02. The minimum atomic E-state index is -0.567. The van der Waals surface area contributed by atoms with Crippen molar-refractivity contribution in [3.8, 4) is 0 Å². The Bertz CT molecular complexity index is 814. The number of rotatable bonds is 7. The lowest BCUT2D eigenvalue weighted by molar-refractivity contribution is -0.141. The summed E-state index contributed by atoms with van der Waals surface area (Å²) in [6.45, 7) is 8.99. The highest BCUT2D eigenvalue weighted by molar-refractivity contribution is 5.91. The van der Waals surface area contributed by atoms with Gasteiger partial charge in [-0.1, -0.05) is 64.1 Å². The molecule has 0 heterocycles. The van der Waals surface area contributed by atoms with Crippen LogP contribution < -0.4 is 0 Å². The van der Waals surface area contributed by atoms with E-state index in [9.17, 15) is 9.59 Å². The van der Waals surface area contributed by atoms with Crippen molar-refractivity contribution in [2.75, 3.05) is 6.61 Å². The van der Waals surface area contributed by atoms with Crippen molar-refractivity contribution in [2.45, 2.75) is 40.7 Å². The monoisotopic (exact) mass is 368 g/mol. The van der Waals surface area contributed by atoms with Crippen molar-refractivity contribution >= 4 is 22.7 Å². The smallest absolute Gasteiger partial charge is 0.331 e. The first-order chi connectivity index (χ1) is 12.7. The molecule has 0 aliphatic rings. The molecule has 0 aromatic heterocycles. The fourth-order valence-electron chi connectivity index (χ4n) is 3.04. The van der Waals surface area contributed by atoms with E-state index in [1.54, 1.807) is 0 Å². The van der Waals surface area contributed by atoms with Crippen LogP contribution in [0.5, 0.6) is 0 Å². The second-order valence-electron chi connectivity index (χ2n) is 8.12. The van der Waals surface area contributed by atoms with Crippen LogP contribution in [0.15, 0.2) is 54.6 Å². The maximum atomic E-state index is 11.8. The van der Waals surface area contributed by atoms with Gasteiger partial charge in [-0.2, -0.15) is 0 Å². The number of fused-ring (bicyclic) bond motifs is 1. The lowest BCUT2D eigenvalue weighted by Crippen LogP contribution is -2.17. The summed E-state index contributed by atoms with van der Waals surface area (Å²) in [4.78, 5) is 23.5. The van der Waals surface area contributed by atoms with Crippen LogP contribution in [0.4, 0.5) is 0 Å². The zero-order chi connectivity index (χ0) is 19.9. The average Bonchev–Trinajstić information content (AvgIpc) is 2.61. The van der Waals surface area contributed by atoms with Crippen LogP contribution in [0.25, 0.3) is 10.8 Å². The van der Waals surface area contributed by atoms with Crippen LogP contribution in [0, 0.1) is 11.3 Å². The predicted octanol–water partition coefficient (Wildman–Crippen LogP) is 5.05. The van der Waals surface area contributed by atoms with E-state index in [1.807, 2.05) is 49.4 Å². The van der Waals surface area contributed by atoms with Crippen molar-refractivity contribution in [1.29, 1.82) is 0 Å². The Morgan fingerprint density at radius 1 is 0.963 bits per heavy atom. The van der Waals surface area contributed by atoms with E-state index < -0.39 is 11.9 Å². The highest BCUT2D eigenvalue weighted by atomic mass is 16.5. The Morgan fingerprint density at radius 2 is 1.59 bits per heavy atom.